The van der Waals surface area contributed by atoms with Gasteiger partial charge in [0.2, 0.25) is 11.8 Å². The fraction of sp³-hybridized carbons (Fsp3) is 0.368. The SMILES string of the molecule is CC(=O)OC(OC(C)=O)[C@@]12C=C[C@@H](O1)[C@@H]1C(=O)N(c3cccc(Cl)c3)C(=O)[C@H]12. The molecular formula is C19H16ClNO7. The van der Waals surface area contributed by atoms with Crippen LogP contribution in [0.4, 0.5) is 5.69 Å². The average Bonchev–Trinajstić information content (AvgIpc) is 3.25. The molecule has 3 aliphatic rings. The number of hydrogen-bond donors (Lipinski definition) is 0. The summed E-state index contributed by atoms with van der Waals surface area (Å²) in [6, 6.07) is 6.37. The van der Waals surface area contributed by atoms with Gasteiger partial charge in [-0.3, -0.25) is 19.2 Å². The van der Waals surface area contributed by atoms with Gasteiger partial charge >= 0.3 is 11.9 Å². The molecular weight excluding hydrogens is 390 g/mol. The highest BCUT2D eigenvalue weighted by molar-refractivity contribution is 6.31. The lowest BCUT2D eigenvalue weighted by Crippen LogP contribution is -2.52. The Hall–Kier alpha value is -2.71. The first-order chi connectivity index (χ1) is 13.2. The number of carbonyl (C=O) groups excluding carboxylic acids is 4. The fourth-order valence-electron chi connectivity index (χ4n) is 4.09. The second-order valence-electron chi connectivity index (χ2n) is 6.84. The Morgan fingerprint density at radius 2 is 1.86 bits per heavy atom. The summed E-state index contributed by atoms with van der Waals surface area (Å²) in [6.07, 6.45) is 0.963. The molecule has 1 aromatic rings. The molecule has 0 unspecified atom stereocenters. The number of anilines is 1. The smallest absolute Gasteiger partial charge is 0.305 e. The summed E-state index contributed by atoms with van der Waals surface area (Å²) in [4.78, 5) is 50.5. The van der Waals surface area contributed by atoms with Crippen LogP contribution in [0.5, 0.6) is 0 Å². The summed E-state index contributed by atoms with van der Waals surface area (Å²) in [5, 5.41) is 0.375. The molecule has 2 amide bonds. The lowest BCUT2D eigenvalue weighted by molar-refractivity contribution is -0.226. The van der Waals surface area contributed by atoms with Gasteiger partial charge in [0.15, 0.2) is 5.60 Å². The number of ether oxygens (including phenoxy) is 3. The molecule has 2 fully saturated rings. The van der Waals surface area contributed by atoms with Crippen LogP contribution in [-0.2, 0) is 33.4 Å². The summed E-state index contributed by atoms with van der Waals surface area (Å²) in [6.45, 7) is 2.30. The number of fused-ring (bicyclic) bond motifs is 5. The molecule has 0 saturated carbocycles. The minimum Gasteiger partial charge on any atom is -0.422 e. The number of benzene rings is 1. The van der Waals surface area contributed by atoms with E-state index >= 15 is 0 Å². The highest BCUT2D eigenvalue weighted by Crippen LogP contribution is 2.54. The van der Waals surface area contributed by atoms with E-state index in [1.807, 2.05) is 0 Å². The van der Waals surface area contributed by atoms with Gasteiger partial charge in [0.25, 0.3) is 6.29 Å². The third-order valence-electron chi connectivity index (χ3n) is 5.06. The predicted molar refractivity (Wildman–Crippen MR) is 95.0 cm³/mol. The minimum absolute atomic E-state index is 0.336. The molecule has 8 nitrogen and oxygen atoms in total. The molecule has 3 heterocycles. The summed E-state index contributed by atoms with van der Waals surface area (Å²) < 4.78 is 16.2. The second kappa shape index (κ2) is 6.42. The Bertz CT molecular complexity index is 913. The normalized spacial score (nSPS) is 30.1. The molecule has 4 rings (SSSR count). The monoisotopic (exact) mass is 405 g/mol. The lowest BCUT2D eigenvalue weighted by atomic mass is 9.76. The van der Waals surface area contributed by atoms with Gasteiger partial charge in [-0.1, -0.05) is 23.7 Å². The van der Waals surface area contributed by atoms with Crippen molar-refractivity contribution in [1.29, 1.82) is 0 Å². The number of carbonyl (C=O) groups is 4. The van der Waals surface area contributed by atoms with Crippen molar-refractivity contribution < 1.29 is 33.4 Å². The van der Waals surface area contributed by atoms with E-state index in [-0.39, 0.29) is 0 Å². The van der Waals surface area contributed by atoms with E-state index in [1.54, 1.807) is 24.3 Å². The number of hydrogen-bond acceptors (Lipinski definition) is 7. The van der Waals surface area contributed by atoms with E-state index in [0.29, 0.717) is 10.7 Å². The van der Waals surface area contributed by atoms with Gasteiger partial charge in [-0.05, 0) is 24.3 Å². The van der Waals surface area contributed by atoms with Gasteiger partial charge < -0.3 is 14.2 Å². The molecule has 9 heteroatoms. The predicted octanol–water partition coefficient (Wildman–Crippen LogP) is 1.61. The molecule has 0 radical (unpaired) electrons. The van der Waals surface area contributed by atoms with Crippen LogP contribution >= 0.6 is 11.6 Å². The van der Waals surface area contributed by atoms with Crippen molar-refractivity contribution in [3.63, 3.8) is 0 Å². The van der Waals surface area contributed by atoms with E-state index < -0.39 is 53.6 Å². The van der Waals surface area contributed by atoms with Crippen LogP contribution in [0.2, 0.25) is 5.02 Å². The van der Waals surface area contributed by atoms with Gasteiger partial charge in [0.05, 0.1) is 23.6 Å². The van der Waals surface area contributed by atoms with Crippen LogP contribution in [0.3, 0.4) is 0 Å². The van der Waals surface area contributed by atoms with E-state index in [1.165, 1.54) is 12.1 Å². The first kappa shape index (κ1) is 18.6. The number of halogens is 1. The zero-order chi connectivity index (χ0) is 20.2. The van der Waals surface area contributed by atoms with Crippen molar-refractivity contribution in [3.05, 3.63) is 41.4 Å². The third kappa shape index (κ3) is 2.63. The molecule has 1 aromatic carbocycles. The maximum Gasteiger partial charge on any atom is 0.305 e. The van der Waals surface area contributed by atoms with Gasteiger partial charge in [-0.25, -0.2) is 4.90 Å². The van der Waals surface area contributed by atoms with Gasteiger partial charge in [0.1, 0.15) is 0 Å². The fourth-order valence-corrected chi connectivity index (χ4v) is 4.27. The van der Waals surface area contributed by atoms with E-state index in [4.69, 9.17) is 25.8 Å². The Morgan fingerprint density at radius 1 is 1.18 bits per heavy atom. The molecule has 146 valence electrons. The Morgan fingerprint density at radius 3 is 2.46 bits per heavy atom. The van der Waals surface area contributed by atoms with Crippen molar-refractivity contribution in [2.45, 2.75) is 31.8 Å². The Kier molecular flexibility index (Phi) is 4.28. The summed E-state index contributed by atoms with van der Waals surface area (Å²) in [5.41, 5.74) is -1.23. The molecule has 28 heavy (non-hydrogen) atoms. The number of rotatable bonds is 4. The molecule has 0 aliphatic carbocycles. The van der Waals surface area contributed by atoms with Gasteiger partial charge in [0, 0.05) is 18.9 Å². The summed E-state index contributed by atoms with van der Waals surface area (Å²) in [7, 11) is 0. The summed E-state index contributed by atoms with van der Waals surface area (Å²) >= 11 is 6.00. The van der Waals surface area contributed by atoms with E-state index in [2.05, 4.69) is 0 Å². The topological polar surface area (TPSA) is 99.2 Å². The molecule has 0 spiro atoms. The summed E-state index contributed by atoms with van der Waals surface area (Å²) in [5.74, 6) is -4.23. The highest BCUT2D eigenvalue weighted by atomic mass is 35.5. The molecule has 2 saturated heterocycles. The highest BCUT2D eigenvalue weighted by Gasteiger charge is 2.72. The van der Waals surface area contributed by atoms with Crippen LogP contribution in [0.1, 0.15) is 13.8 Å². The second-order valence-corrected chi connectivity index (χ2v) is 7.28. The van der Waals surface area contributed by atoms with Crippen LogP contribution in [0, 0.1) is 11.8 Å². The minimum atomic E-state index is -1.56. The molecule has 0 aromatic heterocycles. The van der Waals surface area contributed by atoms with Crippen molar-refractivity contribution in [2.75, 3.05) is 4.90 Å². The molecule has 3 aliphatic heterocycles. The maximum absolute atomic E-state index is 13.2. The zero-order valence-electron chi connectivity index (χ0n) is 15.0. The third-order valence-corrected chi connectivity index (χ3v) is 5.29. The van der Waals surface area contributed by atoms with Gasteiger partial charge in [-0.15, -0.1) is 0 Å². The first-order valence-corrected chi connectivity index (χ1v) is 8.97. The van der Waals surface area contributed by atoms with E-state index in [0.717, 1.165) is 18.7 Å². The zero-order valence-corrected chi connectivity index (χ0v) is 15.7. The molecule has 0 N–H and O–H groups in total. The maximum atomic E-state index is 13.2. The largest absolute Gasteiger partial charge is 0.422 e. The first-order valence-electron chi connectivity index (χ1n) is 8.59. The van der Waals surface area contributed by atoms with Gasteiger partial charge in [-0.2, -0.15) is 0 Å². The Labute approximate surface area is 165 Å². The van der Waals surface area contributed by atoms with Crippen molar-refractivity contribution in [1.82, 2.24) is 0 Å². The average molecular weight is 406 g/mol. The number of esters is 2. The number of nitrogens with zero attached hydrogens (tertiary/aromatic N) is 1. The van der Waals surface area contributed by atoms with Crippen molar-refractivity contribution in [3.8, 4) is 0 Å². The van der Waals surface area contributed by atoms with Crippen molar-refractivity contribution in [2.24, 2.45) is 11.8 Å². The molecule has 2 bridgehead atoms. The Balaban J connectivity index is 1.75. The van der Waals surface area contributed by atoms with Crippen molar-refractivity contribution >= 4 is 41.0 Å². The van der Waals surface area contributed by atoms with Crippen LogP contribution < -0.4 is 4.90 Å². The van der Waals surface area contributed by atoms with Crippen LogP contribution in [-0.4, -0.2) is 41.7 Å². The van der Waals surface area contributed by atoms with Crippen LogP contribution in [0.25, 0.3) is 0 Å². The standard InChI is InChI=1S/C19H16ClNO7/c1-9(22)26-18(27-10(2)23)19-7-6-13(28-19)14-15(19)17(25)21(16(14)24)12-5-3-4-11(20)8-12/h3-8,13-15,18H,1-2H3/t13-,14+,15+,19+/m1/s1. The number of amides is 2. The lowest BCUT2D eigenvalue weighted by Gasteiger charge is -2.34. The quantitative estimate of drug-likeness (QED) is 0.324. The molecule has 4 atom stereocenters. The number of imide groups is 1. The van der Waals surface area contributed by atoms with Crippen LogP contribution in [0.15, 0.2) is 36.4 Å². The van der Waals surface area contributed by atoms with E-state index in [9.17, 15) is 19.2 Å².